The second kappa shape index (κ2) is 5.89. The van der Waals surface area contributed by atoms with E-state index in [2.05, 4.69) is 0 Å². The molecule has 0 fully saturated rings. The summed E-state index contributed by atoms with van der Waals surface area (Å²) in [4.78, 5) is 38.1. The van der Waals surface area contributed by atoms with Gasteiger partial charge in [0.05, 0.1) is 0 Å². The average molecular weight is 257 g/mol. The molecule has 10 nitrogen and oxygen atoms in total. The van der Waals surface area contributed by atoms with E-state index in [1.54, 1.807) is 0 Å². The van der Waals surface area contributed by atoms with Crippen molar-refractivity contribution in [3.8, 4) is 0 Å². The van der Waals surface area contributed by atoms with Crippen LogP contribution in [0.2, 0.25) is 0 Å². The first kappa shape index (κ1) is 23.7. The first-order valence-corrected chi connectivity index (χ1v) is 5.40. The molecule has 0 rings (SSSR count). The number of quaternary nitrogens is 3. The highest BCUT2D eigenvalue weighted by molar-refractivity contribution is 7.69. The Labute approximate surface area is 80.4 Å². The molecule has 0 aromatic carbocycles. The van der Waals surface area contributed by atoms with Gasteiger partial charge in [0.25, 0.3) is 0 Å². The van der Waals surface area contributed by atoms with Crippen LogP contribution in [0.15, 0.2) is 0 Å². The quantitative estimate of drug-likeness (QED) is 0.355. The van der Waals surface area contributed by atoms with Crippen LogP contribution in [0, 0.1) is 0 Å². The van der Waals surface area contributed by atoms with Crippen molar-refractivity contribution in [2.45, 2.75) is 12.0 Å². The summed E-state index contributed by atoms with van der Waals surface area (Å²) < 4.78 is 20.1. The molecule has 0 aromatic rings. The van der Waals surface area contributed by atoms with Crippen LogP contribution < -0.4 is 33.1 Å². The Hall–Kier alpha value is 0.140. The lowest BCUT2D eigenvalue weighted by Crippen LogP contribution is -2.39. The molecular formula is C2H17N3O7P2. The molecular weight excluding hydrogens is 240 g/mol. The van der Waals surface area contributed by atoms with Crippen molar-refractivity contribution in [1.82, 2.24) is 18.5 Å². The first-order chi connectivity index (χ1) is 4.50. The minimum atomic E-state index is -5.76. The Morgan fingerprint density at radius 2 is 1.29 bits per heavy atom. The van der Waals surface area contributed by atoms with Crippen molar-refractivity contribution < 1.29 is 33.8 Å². The summed E-state index contributed by atoms with van der Waals surface area (Å²) in [6, 6.07) is 0. The summed E-state index contributed by atoms with van der Waals surface area (Å²) in [6.07, 6.45) is 0. The second-order valence-corrected chi connectivity index (χ2v) is 6.12. The van der Waals surface area contributed by atoms with Crippen LogP contribution in [0.4, 0.5) is 0 Å². The number of aliphatic hydroxyl groups is 1. The van der Waals surface area contributed by atoms with Gasteiger partial charge in [-0.3, -0.25) is 0 Å². The summed E-state index contributed by atoms with van der Waals surface area (Å²) in [7, 11) is -11.3. The van der Waals surface area contributed by atoms with E-state index in [0.717, 1.165) is 0 Å². The van der Waals surface area contributed by atoms with Gasteiger partial charge in [0.1, 0.15) is 0 Å². The lowest BCUT2D eigenvalue weighted by molar-refractivity contribution is -0.327. The molecule has 0 aliphatic carbocycles. The van der Waals surface area contributed by atoms with E-state index in [1.807, 2.05) is 0 Å². The minimum absolute atomic E-state index is 0. The SMILES string of the molecule is CC(O)(P(=O)([O-])[O-])P(=O)([O-])O.[NH4+].[NH4+].[NH4+]. The van der Waals surface area contributed by atoms with Crippen molar-refractivity contribution in [2.75, 3.05) is 0 Å². The van der Waals surface area contributed by atoms with Crippen LogP contribution in [0.1, 0.15) is 6.92 Å². The maximum atomic E-state index is 10.1. The molecule has 2 atom stereocenters. The fourth-order valence-corrected chi connectivity index (χ4v) is 1.39. The highest BCUT2D eigenvalue weighted by atomic mass is 31.2. The molecule has 0 aliphatic rings. The zero-order valence-electron chi connectivity index (χ0n) is 8.33. The topological polar surface area (TPSA) is 253 Å². The van der Waals surface area contributed by atoms with Gasteiger partial charge in [0.2, 0.25) is 0 Å². The summed E-state index contributed by atoms with van der Waals surface area (Å²) in [5.74, 6) is 0. The normalized spacial score (nSPS) is 18.7. The number of hydrogen-bond acceptors (Lipinski definition) is 6. The van der Waals surface area contributed by atoms with E-state index in [0.29, 0.717) is 0 Å². The Bertz CT molecular complexity index is 217. The minimum Gasteiger partial charge on any atom is -0.808 e. The van der Waals surface area contributed by atoms with Gasteiger partial charge < -0.3 is 52.3 Å². The smallest absolute Gasteiger partial charge is 0.168 e. The first-order valence-electron chi connectivity index (χ1n) is 2.28. The fourth-order valence-electron chi connectivity index (χ4n) is 0.155. The molecule has 0 heterocycles. The second-order valence-electron chi connectivity index (χ2n) is 1.99. The van der Waals surface area contributed by atoms with Gasteiger partial charge in [0.15, 0.2) is 12.7 Å². The molecule has 14 heavy (non-hydrogen) atoms. The summed E-state index contributed by atoms with van der Waals surface area (Å²) in [5, 5.41) is 4.85. The Morgan fingerprint density at radius 1 is 1.07 bits per heavy atom. The fraction of sp³-hybridized carbons (Fsp3) is 1.00. The molecule has 0 bridgehead atoms. The number of rotatable bonds is 2. The highest BCUT2D eigenvalue weighted by Crippen LogP contribution is 2.60. The van der Waals surface area contributed by atoms with E-state index < -0.39 is 20.3 Å². The van der Waals surface area contributed by atoms with E-state index >= 15 is 0 Å². The highest BCUT2D eigenvalue weighted by Gasteiger charge is 2.35. The van der Waals surface area contributed by atoms with Crippen LogP contribution in [0.5, 0.6) is 0 Å². The molecule has 0 amide bonds. The standard InChI is InChI=1S/C2H8O7P2.3H3N/c1-2(3,10(4,5)6)11(7,8)9;;;/h3H,1H3,(H2,4,5,6)(H2,7,8,9);3*1H3. The molecule has 0 aromatic heterocycles. The van der Waals surface area contributed by atoms with Crippen molar-refractivity contribution >= 4 is 15.2 Å². The van der Waals surface area contributed by atoms with E-state index in [4.69, 9.17) is 10.00 Å². The predicted molar refractivity (Wildman–Crippen MR) is 46.0 cm³/mol. The molecule has 0 aliphatic heterocycles. The number of hydrogen-bond donors (Lipinski definition) is 5. The van der Waals surface area contributed by atoms with E-state index in [1.165, 1.54) is 0 Å². The lowest BCUT2D eigenvalue weighted by atomic mass is 10.9. The summed E-state index contributed by atoms with van der Waals surface area (Å²) in [5.41, 5.74) is 0. The van der Waals surface area contributed by atoms with Gasteiger partial charge in [-0.05, 0) is 14.5 Å². The van der Waals surface area contributed by atoms with Gasteiger partial charge in [-0.1, -0.05) is 0 Å². The van der Waals surface area contributed by atoms with Crippen molar-refractivity contribution in [3.63, 3.8) is 0 Å². The largest absolute Gasteiger partial charge is 0.808 e. The van der Waals surface area contributed by atoms with Gasteiger partial charge >= 0.3 is 0 Å². The monoisotopic (exact) mass is 257 g/mol. The molecule has 12 heteroatoms. The molecule has 0 spiro atoms. The van der Waals surface area contributed by atoms with Crippen LogP contribution in [0.3, 0.4) is 0 Å². The van der Waals surface area contributed by atoms with E-state index in [9.17, 15) is 23.8 Å². The van der Waals surface area contributed by atoms with Gasteiger partial charge in [-0.15, -0.1) is 0 Å². The zero-order valence-corrected chi connectivity index (χ0v) is 10.1. The summed E-state index contributed by atoms with van der Waals surface area (Å²) in [6.45, 7) is 0.196. The summed E-state index contributed by atoms with van der Waals surface area (Å²) >= 11 is 0. The molecule has 0 radical (unpaired) electrons. The van der Waals surface area contributed by atoms with Crippen LogP contribution in [0.25, 0.3) is 0 Å². The molecule has 14 N–H and O–H groups in total. The Morgan fingerprint density at radius 3 is 1.29 bits per heavy atom. The Kier molecular flexibility index (Phi) is 9.98. The zero-order chi connectivity index (χ0) is 9.50. The molecule has 92 valence electrons. The third kappa shape index (κ3) is 4.58. The molecule has 0 saturated heterocycles. The van der Waals surface area contributed by atoms with Gasteiger partial charge in [-0.2, -0.15) is 0 Å². The lowest BCUT2D eigenvalue weighted by Gasteiger charge is -2.47. The third-order valence-corrected chi connectivity index (χ3v) is 4.66. The Balaban J connectivity index is -0.000000167. The molecule has 2 unspecified atom stereocenters. The van der Waals surface area contributed by atoms with E-state index in [-0.39, 0.29) is 25.4 Å². The van der Waals surface area contributed by atoms with Crippen molar-refractivity contribution in [3.05, 3.63) is 0 Å². The van der Waals surface area contributed by atoms with Gasteiger partial charge in [0, 0.05) is 0 Å². The maximum absolute atomic E-state index is 10.1. The predicted octanol–water partition coefficient (Wildman–Crippen LogP) is -1.76. The molecule has 0 saturated carbocycles. The maximum Gasteiger partial charge on any atom is 0.168 e. The third-order valence-electron chi connectivity index (χ3n) is 1.05. The van der Waals surface area contributed by atoms with Crippen molar-refractivity contribution in [2.24, 2.45) is 0 Å². The van der Waals surface area contributed by atoms with Gasteiger partial charge in [-0.25, -0.2) is 0 Å². The van der Waals surface area contributed by atoms with Crippen LogP contribution in [-0.4, -0.2) is 15.1 Å². The average Bonchev–Trinajstić information content (AvgIpc) is 1.58. The van der Waals surface area contributed by atoms with Crippen LogP contribution >= 0.6 is 15.2 Å². The van der Waals surface area contributed by atoms with Crippen molar-refractivity contribution in [1.29, 1.82) is 0 Å². The van der Waals surface area contributed by atoms with Crippen LogP contribution in [-0.2, 0) is 9.13 Å².